The van der Waals surface area contributed by atoms with E-state index in [1.807, 2.05) is 0 Å². The van der Waals surface area contributed by atoms with E-state index in [2.05, 4.69) is 10.3 Å². The van der Waals surface area contributed by atoms with Crippen LogP contribution >= 0.6 is 0 Å². The molecule has 0 spiro atoms. The number of carbonyl (C=O) groups excluding carboxylic acids is 2. The number of benzene rings is 1. The Morgan fingerprint density at radius 3 is 2.88 bits per heavy atom. The van der Waals surface area contributed by atoms with Gasteiger partial charge in [0.2, 0.25) is 24.0 Å². The third kappa shape index (κ3) is 2.82. The molecule has 1 unspecified atom stereocenters. The minimum absolute atomic E-state index is 0.0883. The van der Waals surface area contributed by atoms with Gasteiger partial charge < -0.3 is 24.7 Å². The first kappa shape index (κ1) is 15.3. The highest BCUT2D eigenvalue weighted by atomic mass is 16.7. The minimum atomic E-state index is -0.530. The van der Waals surface area contributed by atoms with Crippen LogP contribution in [-0.2, 0) is 9.59 Å². The van der Waals surface area contributed by atoms with Crippen LogP contribution in [0.25, 0.3) is 0 Å². The van der Waals surface area contributed by atoms with Crippen molar-refractivity contribution in [1.82, 2.24) is 4.98 Å². The second kappa shape index (κ2) is 5.97. The van der Waals surface area contributed by atoms with Crippen LogP contribution in [0.1, 0.15) is 6.42 Å². The molecule has 25 heavy (non-hydrogen) atoms. The molecule has 1 atom stereocenters. The maximum absolute atomic E-state index is 12.4. The lowest BCUT2D eigenvalue weighted by Gasteiger charge is -2.17. The molecule has 0 aliphatic carbocycles. The number of hydrogen-bond acceptors (Lipinski definition) is 5. The molecular weight excluding hydrogens is 326 g/mol. The smallest absolute Gasteiger partial charge is 0.231 e. The summed E-state index contributed by atoms with van der Waals surface area (Å²) in [6.07, 6.45) is 3.00. The van der Waals surface area contributed by atoms with Crippen LogP contribution < -0.4 is 25.1 Å². The third-order valence-electron chi connectivity index (χ3n) is 4.25. The molecule has 2 aliphatic rings. The minimum Gasteiger partial charge on any atom is -0.454 e. The summed E-state index contributed by atoms with van der Waals surface area (Å²) < 4.78 is 10.6. The van der Waals surface area contributed by atoms with Crippen molar-refractivity contribution in [2.45, 2.75) is 6.42 Å². The number of fused-ring (bicyclic) bond motifs is 1. The van der Waals surface area contributed by atoms with Crippen molar-refractivity contribution in [1.29, 1.82) is 0 Å². The number of nitrogens with zero attached hydrogens (tertiary/aromatic N) is 1. The SMILES string of the molecule is O=C(Nc1c[nH]ccc1=O)C1CC(=O)N(c2ccc3c(c2)OCO3)C1. The van der Waals surface area contributed by atoms with E-state index in [1.54, 1.807) is 23.1 Å². The maximum Gasteiger partial charge on any atom is 0.231 e. The zero-order valence-corrected chi connectivity index (χ0v) is 13.2. The lowest BCUT2D eigenvalue weighted by molar-refractivity contribution is -0.122. The molecule has 1 aromatic heterocycles. The standard InChI is InChI=1S/C17H15N3O5/c21-13-3-4-18-7-12(13)19-17(23)10-5-16(22)20(8-10)11-1-2-14-15(6-11)25-9-24-14/h1-4,6-7,10H,5,8-9H2,(H,18,21)(H,19,23). The fraction of sp³-hybridized carbons (Fsp3) is 0.235. The van der Waals surface area contributed by atoms with Gasteiger partial charge in [-0.3, -0.25) is 14.4 Å². The zero-order chi connectivity index (χ0) is 17.4. The number of H-pyrrole nitrogens is 1. The monoisotopic (exact) mass is 341 g/mol. The van der Waals surface area contributed by atoms with E-state index in [9.17, 15) is 14.4 Å². The first-order valence-corrected chi connectivity index (χ1v) is 7.80. The van der Waals surface area contributed by atoms with Crippen LogP contribution in [0.3, 0.4) is 0 Å². The summed E-state index contributed by atoms with van der Waals surface area (Å²) in [5.74, 6) is 0.175. The van der Waals surface area contributed by atoms with Crippen LogP contribution in [0, 0.1) is 5.92 Å². The number of hydrogen-bond donors (Lipinski definition) is 2. The predicted molar refractivity (Wildman–Crippen MR) is 88.7 cm³/mol. The number of ether oxygens (including phenoxy) is 2. The van der Waals surface area contributed by atoms with Crippen molar-refractivity contribution in [2.75, 3.05) is 23.6 Å². The summed E-state index contributed by atoms with van der Waals surface area (Å²) in [5.41, 5.74) is 0.535. The van der Waals surface area contributed by atoms with Gasteiger partial charge in [0.1, 0.15) is 5.69 Å². The Morgan fingerprint density at radius 1 is 1.20 bits per heavy atom. The van der Waals surface area contributed by atoms with Gasteiger partial charge in [-0.05, 0) is 12.1 Å². The second-order valence-electron chi connectivity index (χ2n) is 5.85. The second-order valence-corrected chi connectivity index (χ2v) is 5.85. The Bertz CT molecular complexity index is 907. The lowest BCUT2D eigenvalue weighted by atomic mass is 10.1. The highest BCUT2D eigenvalue weighted by Gasteiger charge is 2.35. The van der Waals surface area contributed by atoms with E-state index < -0.39 is 5.92 Å². The topological polar surface area (TPSA) is 101 Å². The van der Waals surface area contributed by atoms with Crippen molar-refractivity contribution >= 4 is 23.2 Å². The Hall–Kier alpha value is -3.29. The molecule has 8 nitrogen and oxygen atoms in total. The van der Waals surface area contributed by atoms with Gasteiger partial charge in [-0.2, -0.15) is 0 Å². The molecule has 4 rings (SSSR count). The summed E-state index contributed by atoms with van der Waals surface area (Å²) in [5, 5.41) is 2.58. The Kier molecular flexibility index (Phi) is 3.64. The number of carbonyl (C=O) groups is 2. The van der Waals surface area contributed by atoms with Crippen molar-refractivity contribution < 1.29 is 19.1 Å². The zero-order valence-electron chi connectivity index (χ0n) is 13.2. The van der Waals surface area contributed by atoms with E-state index >= 15 is 0 Å². The Balaban J connectivity index is 1.49. The molecule has 0 radical (unpaired) electrons. The van der Waals surface area contributed by atoms with Crippen LogP contribution in [0.5, 0.6) is 11.5 Å². The largest absolute Gasteiger partial charge is 0.454 e. The van der Waals surface area contributed by atoms with Gasteiger partial charge in [0.15, 0.2) is 11.5 Å². The van der Waals surface area contributed by atoms with Crippen LogP contribution in [-0.4, -0.2) is 30.1 Å². The molecule has 2 aliphatic heterocycles. The summed E-state index contributed by atoms with van der Waals surface area (Å²) in [6.45, 7) is 0.401. The molecule has 1 saturated heterocycles. The number of aromatic nitrogens is 1. The number of rotatable bonds is 3. The van der Waals surface area contributed by atoms with E-state index in [1.165, 1.54) is 18.5 Å². The van der Waals surface area contributed by atoms with Crippen LogP contribution in [0.2, 0.25) is 0 Å². The number of pyridine rings is 1. The fourth-order valence-electron chi connectivity index (χ4n) is 2.93. The Labute approximate surface area is 142 Å². The van der Waals surface area contributed by atoms with Crippen LogP contribution in [0.4, 0.5) is 11.4 Å². The van der Waals surface area contributed by atoms with Gasteiger partial charge in [-0.15, -0.1) is 0 Å². The molecule has 3 heterocycles. The fourth-order valence-corrected chi connectivity index (χ4v) is 2.93. The van der Waals surface area contributed by atoms with Crippen molar-refractivity contribution in [3.05, 3.63) is 46.9 Å². The van der Waals surface area contributed by atoms with Gasteiger partial charge in [-0.1, -0.05) is 0 Å². The highest BCUT2D eigenvalue weighted by Crippen LogP contribution is 2.37. The summed E-state index contributed by atoms with van der Waals surface area (Å²) in [7, 11) is 0. The highest BCUT2D eigenvalue weighted by molar-refractivity contribution is 6.03. The predicted octanol–water partition coefficient (Wildman–Crippen LogP) is 1.10. The molecule has 2 N–H and O–H groups in total. The quantitative estimate of drug-likeness (QED) is 0.870. The first-order valence-electron chi connectivity index (χ1n) is 7.80. The average Bonchev–Trinajstić information content (AvgIpc) is 3.22. The maximum atomic E-state index is 12.4. The van der Waals surface area contributed by atoms with E-state index in [4.69, 9.17) is 9.47 Å². The van der Waals surface area contributed by atoms with Crippen molar-refractivity contribution in [3.63, 3.8) is 0 Å². The van der Waals surface area contributed by atoms with E-state index in [0.29, 0.717) is 17.2 Å². The molecular formula is C17H15N3O5. The number of nitrogens with one attached hydrogen (secondary N) is 2. The van der Waals surface area contributed by atoms with Gasteiger partial charge >= 0.3 is 0 Å². The summed E-state index contributed by atoms with van der Waals surface area (Å²) >= 11 is 0. The molecule has 8 heteroatoms. The molecule has 2 amide bonds. The molecule has 0 saturated carbocycles. The number of anilines is 2. The summed E-state index contributed by atoms with van der Waals surface area (Å²) in [4.78, 5) is 40.7. The number of amides is 2. The van der Waals surface area contributed by atoms with Gasteiger partial charge in [0.25, 0.3) is 0 Å². The third-order valence-corrected chi connectivity index (χ3v) is 4.25. The Morgan fingerprint density at radius 2 is 2.04 bits per heavy atom. The van der Waals surface area contributed by atoms with Crippen molar-refractivity contribution in [3.8, 4) is 11.5 Å². The average molecular weight is 341 g/mol. The summed E-state index contributed by atoms with van der Waals surface area (Å²) in [6, 6.07) is 6.55. The molecule has 2 aromatic rings. The van der Waals surface area contributed by atoms with Gasteiger partial charge in [0.05, 0.1) is 5.92 Å². The molecule has 1 aromatic carbocycles. The van der Waals surface area contributed by atoms with Crippen molar-refractivity contribution in [2.24, 2.45) is 5.92 Å². The number of aromatic amines is 1. The van der Waals surface area contributed by atoms with Gasteiger partial charge in [-0.25, -0.2) is 0 Å². The molecule has 128 valence electrons. The van der Waals surface area contributed by atoms with Gasteiger partial charge in [0, 0.05) is 43.2 Å². The first-order chi connectivity index (χ1) is 12.1. The molecule has 0 bridgehead atoms. The lowest BCUT2D eigenvalue weighted by Crippen LogP contribution is -2.29. The van der Waals surface area contributed by atoms with E-state index in [-0.39, 0.29) is 42.7 Å². The van der Waals surface area contributed by atoms with Crippen LogP contribution in [0.15, 0.2) is 41.5 Å². The molecule has 1 fully saturated rings. The normalized spacial score (nSPS) is 18.5. The van der Waals surface area contributed by atoms with E-state index in [0.717, 1.165) is 0 Å².